The number of nitrogens with two attached hydrogens (primary N) is 1. The fraction of sp³-hybridized carbons (Fsp3) is 0.231. The van der Waals surface area contributed by atoms with Gasteiger partial charge in [-0.25, -0.2) is 4.98 Å². The maximum Gasteiger partial charge on any atom is 0.416 e. The number of anilines is 1. The van der Waals surface area contributed by atoms with E-state index >= 15 is 0 Å². The molecule has 2 rings (SSSR count). The van der Waals surface area contributed by atoms with E-state index in [2.05, 4.69) is 15.3 Å². The van der Waals surface area contributed by atoms with Crippen molar-refractivity contribution in [1.82, 2.24) is 9.97 Å². The average Bonchev–Trinajstić information content (AvgIpc) is 2.91. The van der Waals surface area contributed by atoms with Crippen molar-refractivity contribution < 1.29 is 18.0 Å². The number of imidazole rings is 1. The molecule has 0 bridgehead atoms. The van der Waals surface area contributed by atoms with Gasteiger partial charge in [-0.2, -0.15) is 13.2 Å². The van der Waals surface area contributed by atoms with Crippen LogP contribution in [0.5, 0.6) is 0 Å². The van der Waals surface area contributed by atoms with Gasteiger partial charge >= 0.3 is 6.18 Å². The lowest BCUT2D eigenvalue weighted by Crippen LogP contribution is -2.37. The monoisotopic (exact) mass is 298 g/mol. The Hall–Kier alpha value is -2.35. The molecule has 0 unspecified atom stereocenters. The molecule has 1 aromatic heterocycles. The Kier molecular flexibility index (Phi) is 4.27. The van der Waals surface area contributed by atoms with Crippen molar-refractivity contribution in [3.63, 3.8) is 0 Å². The van der Waals surface area contributed by atoms with Gasteiger partial charge in [-0.05, 0) is 24.3 Å². The number of nitrogens with one attached hydrogen (secondary N) is 2. The van der Waals surface area contributed by atoms with Gasteiger partial charge in [0.1, 0.15) is 0 Å². The third-order valence-electron chi connectivity index (χ3n) is 2.81. The van der Waals surface area contributed by atoms with Crippen molar-refractivity contribution in [3.8, 4) is 0 Å². The molecule has 0 fully saturated rings. The molecule has 1 aromatic carbocycles. The third kappa shape index (κ3) is 4.06. The molecular weight excluding hydrogens is 285 g/mol. The number of nitrogens with zero attached hydrogens (tertiary/aromatic N) is 1. The Morgan fingerprint density at radius 1 is 1.33 bits per heavy atom. The van der Waals surface area contributed by atoms with E-state index in [1.165, 1.54) is 18.5 Å². The van der Waals surface area contributed by atoms with E-state index in [4.69, 9.17) is 5.73 Å². The van der Waals surface area contributed by atoms with Crippen molar-refractivity contribution in [2.24, 2.45) is 5.73 Å². The zero-order chi connectivity index (χ0) is 15.5. The van der Waals surface area contributed by atoms with Crippen LogP contribution in [0.25, 0.3) is 0 Å². The van der Waals surface area contributed by atoms with Crippen molar-refractivity contribution in [3.05, 3.63) is 48.0 Å². The number of halogens is 3. The van der Waals surface area contributed by atoms with Crippen molar-refractivity contribution in [1.29, 1.82) is 0 Å². The van der Waals surface area contributed by atoms with Crippen LogP contribution < -0.4 is 11.1 Å². The molecule has 4 N–H and O–H groups in total. The summed E-state index contributed by atoms with van der Waals surface area (Å²) in [5, 5.41) is 2.47. The van der Waals surface area contributed by atoms with E-state index in [-0.39, 0.29) is 12.1 Å². The molecule has 1 amide bonds. The van der Waals surface area contributed by atoms with Gasteiger partial charge in [0.05, 0.1) is 17.9 Å². The zero-order valence-electron chi connectivity index (χ0n) is 10.8. The second-order valence-electron chi connectivity index (χ2n) is 4.45. The first kappa shape index (κ1) is 15.0. The first-order valence-corrected chi connectivity index (χ1v) is 6.07. The summed E-state index contributed by atoms with van der Waals surface area (Å²) in [6.45, 7) is 0. The SMILES string of the molecule is N[C@H](Cc1cnc[nH]1)C(=O)Nc1ccc(C(F)(F)F)cc1. The number of carbonyl (C=O) groups excluding carboxylic acids is 1. The molecule has 8 heteroatoms. The van der Waals surface area contributed by atoms with Crippen molar-refractivity contribution >= 4 is 11.6 Å². The standard InChI is InChI=1S/C13H13F3N4O/c14-13(15,16)8-1-3-9(4-2-8)20-12(21)11(17)5-10-6-18-7-19-10/h1-4,6-7,11H,5,17H2,(H,18,19)(H,20,21)/t11-/m1/s1. The Morgan fingerprint density at radius 2 is 2.00 bits per heavy atom. The minimum absolute atomic E-state index is 0.256. The molecule has 112 valence electrons. The van der Waals surface area contributed by atoms with Gasteiger partial charge in [0.15, 0.2) is 0 Å². The molecule has 21 heavy (non-hydrogen) atoms. The Labute approximate surface area is 118 Å². The van der Waals surface area contributed by atoms with Crippen molar-refractivity contribution in [2.75, 3.05) is 5.32 Å². The van der Waals surface area contributed by atoms with Crippen LogP contribution in [0.15, 0.2) is 36.8 Å². The smallest absolute Gasteiger partial charge is 0.348 e. The maximum atomic E-state index is 12.4. The van der Waals surface area contributed by atoms with Gasteiger partial charge in [-0.3, -0.25) is 4.79 Å². The Balaban J connectivity index is 1.96. The molecule has 0 radical (unpaired) electrons. The molecule has 1 heterocycles. The summed E-state index contributed by atoms with van der Waals surface area (Å²) in [7, 11) is 0. The first-order chi connectivity index (χ1) is 9.86. The lowest BCUT2D eigenvalue weighted by molar-refractivity contribution is -0.137. The summed E-state index contributed by atoms with van der Waals surface area (Å²) in [5.41, 5.74) is 5.90. The molecule has 0 saturated heterocycles. The van der Waals surface area contributed by atoms with Crippen LogP contribution in [-0.2, 0) is 17.4 Å². The number of aromatic nitrogens is 2. The van der Waals surface area contributed by atoms with Gasteiger partial charge in [0, 0.05) is 24.0 Å². The molecule has 5 nitrogen and oxygen atoms in total. The summed E-state index contributed by atoms with van der Waals surface area (Å²) < 4.78 is 37.2. The zero-order valence-corrected chi connectivity index (χ0v) is 10.8. The highest BCUT2D eigenvalue weighted by molar-refractivity contribution is 5.94. The van der Waals surface area contributed by atoms with E-state index in [1.54, 1.807) is 6.20 Å². The molecule has 0 aliphatic heterocycles. The summed E-state index contributed by atoms with van der Waals surface area (Å²) in [6, 6.07) is 3.34. The number of benzene rings is 1. The summed E-state index contributed by atoms with van der Waals surface area (Å²) in [6.07, 6.45) is -1.13. The van der Waals surface area contributed by atoms with Gasteiger partial charge in [-0.1, -0.05) is 0 Å². The lowest BCUT2D eigenvalue weighted by Gasteiger charge is -2.12. The number of hydrogen-bond acceptors (Lipinski definition) is 3. The second kappa shape index (κ2) is 5.96. The van der Waals surface area contributed by atoms with Crippen LogP contribution in [0.3, 0.4) is 0 Å². The number of rotatable bonds is 4. The van der Waals surface area contributed by atoms with E-state index in [0.717, 1.165) is 12.1 Å². The highest BCUT2D eigenvalue weighted by Gasteiger charge is 2.30. The van der Waals surface area contributed by atoms with Gasteiger partial charge in [-0.15, -0.1) is 0 Å². The van der Waals surface area contributed by atoms with Crippen LogP contribution in [-0.4, -0.2) is 21.9 Å². The minimum atomic E-state index is -4.40. The summed E-state index contributed by atoms with van der Waals surface area (Å²) in [5.74, 6) is -0.482. The topological polar surface area (TPSA) is 83.8 Å². The van der Waals surface area contributed by atoms with Crippen molar-refractivity contribution in [2.45, 2.75) is 18.6 Å². The Morgan fingerprint density at radius 3 is 2.52 bits per heavy atom. The molecule has 0 aliphatic rings. The van der Waals surface area contributed by atoms with Gasteiger partial charge in [0.25, 0.3) is 0 Å². The summed E-state index contributed by atoms with van der Waals surface area (Å²) >= 11 is 0. The lowest BCUT2D eigenvalue weighted by atomic mass is 10.1. The van der Waals surface area contributed by atoms with E-state index in [1.807, 2.05) is 0 Å². The van der Waals surface area contributed by atoms with Gasteiger partial charge < -0.3 is 16.0 Å². The molecule has 1 atom stereocenters. The predicted molar refractivity (Wildman–Crippen MR) is 70.3 cm³/mol. The molecule has 0 spiro atoms. The number of amides is 1. The molecule has 0 saturated carbocycles. The minimum Gasteiger partial charge on any atom is -0.348 e. The molecule has 0 aliphatic carbocycles. The highest BCUT2D eigenvalue weighted by Crippen LogP contribution is 2.29. The quantitative estimate of drug-likeness (QED) is 0.806. The van der Waals surface area contributed by atoms with Crippen LogP contribution >= 0.6 is 0 Å². The summed E-state index contributed by atoms with van der Waals surface area (Å²) in [4.78, 5) is 18.4. The first-order valence-electron chi connectivity index (χ1n) is 6.07. The highest BCUT2D eigenvalue weighted by atomic mass is 19.4. The van der Waals surface area contributed by atoms with Crippen LogP contribution in [0.4, 0.5) is 18.9 Å². The number of aromatic amines is 1. The molecular formula is C13H13F3N4O. The fourth-order valence-corrected chi connectivity index (χ4v) is 1.70. The van der Waals surface area contributed by atoms with Crippen LogP contribution in [0.1, 0.15) is 11.3 Å². The number of H-pyrrole nitrogens is 1. The third-order valence-corrected chi connectivity index (χ3v) is 2.81. The van der Waals surface area contributed by atoms with Gasteiger partial charge in [0.2, 0.25) is 5.91 Å². The fourth-order valence-electron chi connectivity index (χ4n) is 1.70. The number of alkyl halides is 3. The van der Waals surface area contributed by atoms with E-state index in [0.29, 0.717) is 5.69 Å². The van der Waals surface area contributed by atoms with E-state index < -0.39 is 23.7 Å². The second-order valence-corrected chi connectivity index (χ2v) is 4.45. The average molecular weight is 298 g/mol. The molecule has 2 aromatic rings. The van der Waals surface area contributed by atoms with Crippen LogP contribution in [0.2, 0.25) is 0 Å². The van der Waals surface area contributed by atoms with Crippen LogP contribution in [0, 0.1) is 0 Å². The van der Waals surface area contributed by atoms with E-state index in [9.17, 15) is 18.0 Å². The Bertz CT molecular complexity index is 593. The maximum absolute atomic E-state index is 12.4. The number of hydrogen-bond donors (Lipinski definition) is 3. The largest absolute Gasteiger partial charge is 0.416 e. The predicted octanol–water partition coefficient (Wildman–Crippen LogP) is 1.94. The number of carbonyl (C=O) groups is 1. The normalized spacial score (nSPS) is 13.0.